The third-order valence-corrected chi connectivity index (χ3v) is 7.02. The van der Waals surface area contributed by atoms with E-state index in [4.69, 9.17) is 9.72 Å². The van der Waals surface area contributed by atoms with Crippen molar-refractivity contribution in [1.82, 2.24) is 14.8 Å². The summed E-state index contributed by atoms with van der Waals surface area (Å²) >= 11 is 6.02. The first-order valence-corrected chi connectivity index (χ1v) is 10.6. The molecule has 2 aromatic heterocycles. The van der Waals surface area contributed by atoms with Crippen molar-refractivity contribution in [2.24, 2.45) is 0 Å². The van der Waals surface area contributed by atoms with Crippen LogP contribution in [0.2, 0.25) is 0 Å². The minimum atomic E-state index is 0.00214. The Balaban J connectivity index is 1.77. The lowest BCUT2D eigenvalue weighted by Gasteiger charge is -2.24. The highest BCUT2D eigenvalue weighted by atomic mass is 127. The molecule has 26 heavy (non-hydrogen) atoms. The Morgan fingerprint density at radius 1 is 1.15 bits per heavy atom. The van der Waals surface area contributed by atoms with Crippen LogP contribution in [0.4, 0.5) is 0 Å². The maximum absolute atomic E-state index is 5.95. The molecule has 1 aliphatic heterocycles. The van der Waals surface area contributed by atoms with Crippen LogP contribution in [0.3, 0.4) is 0 Å². The number of nitrogens with zero attached hydrogens (tertiary/aromatic N) is 3. The van der Waals surface area contributed by atoms with Gasteiger partial charge in [0.15, 0.2) is 6.23 Å². The molecule has 0 aliphatic carbocycles. The van der Waals surface area contributed by atoms with E-state index in [9.17, 15) is 0 Å². The molecule has 0 bridgehead atoms. The highest BCUT2D eigenvalue weighted by Crippen LogP contribution is 2.33. The number of aromatic nitrogens is 3. The Morgan fingerprint density at radius 3 is 2.77 bits per heavy atom. The molecule has 1 fully saturated rings. The maximum atomic E-state index is 5.95. The molecule has 4 nitrogen and oxygen atoms in total. The van der Waals surface area contributed by atoms with E-state index in [1.807, 2.05) is 23.7 Å². The van der Waals surface area contributed by atoms with Gasteiger partial charge in [-0.3, -0.25) is 0 Å². The van der Waals surface area contributed by atoms with E-state index >= 15 is 0 Å². The standard InChI is InChI=1S/C20H19BrIN3O/c1-13-12-18(25(24-13)19-10-2-3-11-26-19)17-9-5-8-16(23-17)14-6-4-7-15(22)20(14)21/h4-9,12,19H,2-3,10-11H2,1H3. The van der Waals surface area contributed by atoms with Gasteiger partial charge in [-0.15, -0.1) is 0 Å². The zero-order chi connectivity index (χ0) is 18.1. The molecular weight excluding hydrogens is 505 g/mol. The largest absolute Gasteiger partial charge is 0.356 e. The Morgan fingerprint density at radius 2 is 1.96 bits per heavy atom. The SMILES string of the molecule is Cc1cc(-c2cccc(-c3cccc(I)c3Br)n2)n(C2CCCCO2)n1. The molecule has 1 unspecified atom stereocenters. The van der Waals surface area contributed by atoms with Gasteiger partial charge in [-0.2, -0.15) is 5.10 Å². The molecule has 4 rings (SSSR count). The fourth-order valence-electron chi connectivity index (χ4n) is 3.27. The molecule has 1 atom stereocenters. The summed E-state index contributed by atoms with van der Waals surface area (Å²) in [4.78, 5) is 4.93. The fourth-order valence-corrected chi connectivity index (χ4v) is 4.24. The second kappa shape index (κ2) is 7.78. The normalized spacial score (nSPS) is 17.4. The molecule has 1 aliphatic rings. The van der Waals surface area contributed by atoms with Crippen LogP contribution in [0.25, 0.3) is 22.6 Å². The van der Waals surface area contributed by atoms with Crippen LogP contribution in [-0.4, -0.2) is 21.4 Å². The van der Waals surface area contributed by atoms with Gasteiger partial charge in [0.1, 0.15) is 0 Å². The van der Waals surface area contributed by atoms with Crippen molar-refractivity contribution >= 4 is 38.5 Å². The first-order chi connectivity index (χ1) is 12.6. The summed E-state index contributed by atoms with van der Waals surface area (Å²) in [5.41, 5.74) is 4.95. The molecule has 3 heterocycles. The molecule has 3 aromatic rings. The molecule has 0 spiro atoms. The summed E-state index contributed by atoms with van der Waals surface area (Å²) in [6.07, 6.45) is 3.30. The second-order valence-electron chi connectivity index (χ2n) is 6.45. The quantitative estimate of drug-likeness (QED) is 0.396. The van der Waals surface area contributed by atoms with Crippen LogP contribution in [0.15, 0.2) is 46.9 Å². The second-order valence-corrected chi connectivity index (χ2v) is 8.40. The highest BCUT2D eigenvalue weighted by molar-refractivity contribution is 14.1. The lowest BCUT2D eigenvalue weighted by molar-refractivity contribution is -0.0385. The van der Waals surface area contributed by atoms with Gasteiger partial charge >= 0.3 is 0 Å². The van der Waals surface area contributed by atoms with E-state index in [1.165, 1.54) is 9.99 Å². The van der Waals surface area contributed by atoms with Crippen molar-refractivity contribution in [2.45, 2.75) is 32.4 Å². The topological polar surface area (TPSA) is 39.9 Å². The van der Waals surface area contributed by atoms with Crippen LogP contribution in [-0.2, 0) is 4.74 Å². The number of rotatable bonds is 3. The minimum Gasteiger partial charge on any atom is -0.356 e. The lowest BCUT2D eigenvalue weighted by Crippen LogP contribution is -2.20. The molecule has 6 heteroatoms. The zero-order valence-electron chi connectivity index (χ0n) is 14.5. The molecule has 1 aromatic carbocycles. The van der Waals surface area contributed by atoms with E-state index in [0.29, 0.717) is 0 Å². The number of benzene rings is 1. The van der Waals surface area contributed by atoms with Gasteiger partial charge in [0.2, 0.25) is 0 Å². The Kier molecular flexibility index (Phi) is 5.42. The molecule has 0 N–H and O–H groups in total. The first-order valence-electron chi connectivity index (χ1n) is 8.73. The van der Waals surface area contributed by atoms with E-state index in [-0.39, 0.29) is 6.23 Å². The van der Waals surface area contributed by atoms with Crippen LogP contribution >= 0.6 is 38.5 Å². The number of halogens is 2. The van der Waals surface area contributed by atoms with Gasteiger partial charge in [0.25, 0.3) is 0 Å². The molecular formula is C20H19BrIN3O. The number of hydrogen-bond acceptors (Lipinski definition) is 3. The van der Waals surface area contributed by atoms with Crippen molar-refractivity contribution in [3.8, 4) is 22.6 Å². The van der Waals surface area contributed by atoms with Crippen LogP contribution in [0, 0.1) is 10.5 Å². The van der Waals surface area contributed by atoms with E-state index in [1.54, 1.807) is 0 Å². The summed E-state index contributed by atoms with van der Waals surface area (Å²) in [5.74, 6) is 0. The monoisotopic (exact) mass is 523 g/mol. The number of hydrogen-bond donors (Lipinski definition) is 0. The van der Waals surface area contributed by atoms with Crippen LogP contribution in [0.5, 0.6) is 0 Å². The van der Waals surface area contributed by atoms with Gasteiger partial charge in [-0.1, -0.05) is 18.2 Å². The molecule has 0 amide bonds. The van der Waals surface area contributed by atoms with Crippen molar-refractivity contribution in [1.29, 1.82) is 0 Å². The van der Waals surface area contributed by atoms with Crippen LogP contribution < -0.4 is 0 Å². The van der Waals surface area contributed by atoms with Crippen molar-refractivity contribution < 1.29 is 4.74 Å². The molecule has 1 saturated heterocycles. The Bertz CT molecular complexity index is 935. The van der Waals surface area contributed by atoms with Gasteiger partial charge in [-0.25, -0.2) is 9.67 Å². The van der Waals surface area contributed by atoms with Gasteiger partial charge in [-0.05, 0) is 89.0 Å². The molecule has 0 saturated carbocycles. The van der Waals surface area contributed by atoms with Crippen molar-refractivity contribution in [3.63, 3.8) is 0 Å². The summed E-state index contributed by atoms with van der Waals surface area (Å²) in [7, 11) is 0. The number of ether oxygens (including phenoxy) is 1. The number of pyridine rings is 1. The maximum Gasteiger partial charge on any atom is 0.150 e. The molecule has 134 valence electrons. The fraction of sp³-hybridized carbons (Fsp3) is 0.300. The zero-order valence-corrected chi connectivity index (χ0v) is 18.2. The van der Waals surface area contributed by atoms with E-state index < -0.39 is 0 Å². The van der Waals surface area contributed by atoms with Crippen molar-refractivity contribution in [3.05, 3.63) is 56.2 Å². The van der Waals surface area contributed by atoms with Gasteiger partial charge in [0.05, 0.1) is 22.8 Å². The predicted molar refractivity (Wildman–Crippen MR) is 115 cm³/mol. The summed E-state index contributed by atoms with van der Waals surface area (Å²) in [6, 6.07) is 14.5. The number of aryl methyl sites for hydroxylation is 1. The van der Waals surface area contributed by atoms with Gasteiger partial charge in [0, 0.05) is 20.2 Å². The predicted octanol–water partition coefficient (Wildman–Crippen LogP) is 5.99. The molecule has 0 radical (unpaired) electrons. The lowest BCUT2D eigenvalue weighted by atomic mass is 10.1. The van der Waals surface area contributed by atoms with Gasteiger partial charge < -0.3 is 4.74 Å². The summed E-state index contributed by atoms with van der Waals surface area (Å²) in [5, 5.41) is 4.69. The average molecular weight is 524 g/mol. The third-order valence-electron chi connectivity index (χ3n) is 4.53. The highest BCUT2D eigenvalue weighted by Gasteiger charge is 2.21. The first kappa shape index (κ1) is 18.1. The van der Waals surface area contributed by atoms with E-state index in [2.05, 4.69) is 74.0 Å². The van der Waals surface area contributed by atoms with Crippen LogP contribution in [0.1, 0.15) is 31.2 Å². The average Bonchev–Trinajstić information content (AvgIpc) is 3.07. The summed E-state index contributed by atoms with van der Waals surface area (Å²) < 4.78 is 10.2. The minimum absolute atomic E-state index is 0.00214. The van der Waals surface area contributed by atoms with Crippen molar-refractivity contribution in [2.75, 3.05) is 6.61 Å². The summed E-state index contributed by atoms with van der Waals surface area (Å²) in [6.45, 7) is 2.81. The Hall–Kier alpha value is -1.25. The van der Waals surface area contributed by atoms with E-state index in [0.717, 1.165) is 52.3 Å². The Labute approximate surface area is 175 Å². The smallest absolute Gasteiger partial charge is 0.150 e. The third kappa shape index (κ3) is 3.59.